The van der Waals surface area contributed by atoms with E-state index in [0.29, 0.717) is 27.2 Å². The molecule has 2 fully saturated rings. The molecular weight excluding hydrogens is 694 g/mol. The van der Waals surface area contributed by atoms with Crippen LogP contribution in [0.3, 0.4) is 0 Å². The van der Waals surface area contributed by atoms with Gasteiger partial charge in [-0.15, -0.1) is 0 Å². The molecule has 7 atom stereocenters. The Morgan fingerprint density at radius 3 is 2.49 bits per heavy atom. The number of hydrogen-bond donors (Lipinski definition) is 2. The Morgan fingerprint density at radius 1 is 1.04 bits per heavy atom. The van der Waals surface area contributed by atoms with E-state index in [9.17, 15) is 24.3 Å². The molecule has 3 amide bonds. The van der Waals surface area contributed by atoms with Gasteiger partial charge in [-0.05, 0) is 42.3 Å². The number of anilines is 1. The molecule has 1 spiro atoms. The van der Waals surface area contributed by atoms with Crippen LogP contribution in [0.4, 0.5) is 5.69 Å². The molecule has 2 saturated heterocycles. The predicted octanol–water partition coefficient (Wildman–Crippen LogP) is 3.30. The van der Waals surface area contributed by atoms with Gasteiger partial charge in [0.25, 0.3) is 5.91 Å². The number of amides is 3. The molecule has 0 aromatic heterocycles. The quantitative estimate of drug-likeness (QED) is 0.342. The first-order valence-corrected chi connectivity index (χ1v) is 16.6. The Morgan fingerprint density at radius 2 is 1.79 bits per heavy atom. The number of benzene rings is 2. The number of fused-ring (bicyclic) bond motifs is 2. The number of rotatable bonds is 6. The van der Waals surface area contributed by atoms with E-state index in [4.69, 9.17) is 25.8 Å². The fourth-order valence-electron chi connectivity index (χ4n) is 7.11. The number of methoxy groups -OCH3 is 1. The smallest absolute Gasteiger partial charge is 0.313 e. The zero-order chi connectivity index (χ0) is 33.3. The van der Waals surface area contributed by atoms with Crippen molar-refractivity contribution >= 4 is 56.9 Å². The van der Waals surface area contributed by atoms with Crippen LogP contribution < -0.4 is 10.2 Å². The third kappa shape index (κ3) is 6.13. The van der Waals surface area contributed by atoms with Crippen LogP contribution in [0.1, 0.15) is 24.5 Å². The lowest BCUT2D eigenvalue weighted by Crippen LogP contribution is -2.56. The minimum Gasteiger partial charge on any atom is -0.455 e. The lowest BCUT2D eigenvalue weighted by molar-refractivity contribution is -0.162. The molecule has 248 valence electrons. The Bertz CT molecular complexity index is 1590. The van der Waals surface area contributed by atoms with Crippen molar-refractivity contribution in [2.24, 2.45) is 11.8 Å². The molecule has 2 aromatic rings. The number of esters is 1. The van der Waals surface area contributed by atoms with Gasteiger partial charge in [-0.25, -0.2) is 0 Å². The maximum atomic E-state index is 14.7. The van der Waals surface area contributed by atoms with E-state index in [-0.39, 0.29) is 32.0 Å². The molecule has 4 aliphatic heterocycles. The average molecular weight is 729 g/mol. The van der Waals surface area contributed by atoms with Gasteiger partial charge in [0.05, 0.1) is 25.2 Å². The fraction of sp³-hybridized carbons (Fsp3) is 0.412. The molecule has 11 nitrogen and oxygen atoms in total. The summed E-state index contributed by atoms with van der Waals surface area (Å²) in [6.45, 7) is -0.390. The molecule has 2 N–H and O–H groups in total. The van der Waals surface area contributed by atoms with Crippen molar-refractivity contribution in [3.63, 3.8) is 0 Å². The topological polar surface area (TPSA) is 135 Å². The number of cyclic esters (lactones) is 1. The first-order chi connectivity index (χ1) is 22.7. The summed E-state index contributed by atoms with van der Waals surface area (Å²) in [5.41, 5.74) is -0.363. The van der Waals surface area contributed by atoms with Gasteiger partial charge in [-0.3, -0.25) is 19.2 Å². The second-order valence-electron chi connectivity index (χ2n) is 11.9. The number of allylic oxidation sites excluding steroid dienone is 1. The second kappa shape index (κ2) is 13.9. The number of aliphatic hydroxyl groups is 1. The highest BCUT2D eigenvalue weighted by Crippen LogP contribution is 2.59. The lowest BCUT2D eigenvalue weighted by atomic mass is 9.74. The number of aliphatic hydroxyl groups excluding tert-OH is 1. The van der Waals surface area contributed by atoms with Crippen molar-refractivity contribution in [2.45, 2.75) is 42.7 Å². The van der Waals surface area contributed by atoms with Crippen LogP contribution >= 0.6 is 27.5 Å². The Kier molecular flexibility index (Phi) is 9.86. The van der Waals surface area contributed by atoms with E-state index in [0.717, 1.165) is 0 Å². The van der Waals surface area contributed by atoms with Gasteiger partial charge in [0.2, 0.25) is 11.8 Å². The van der Waals surface area contributed by atoms with Crippen molar-refractivity contribution in [3.05, 3.63) is 87.9 Å². The summed E-state index contributed by atoms with van der Waals surface area (Å²) in [6.07, 6.45) is 3.96. The maximum absolute atomic E-state index is 14.7. The normalized spacial score (nSPS) is 31.8. The van der Waals surface area contributed by atoms with Gasteiger partial charge in [-0.1, -0.05) is 70.0 Å². The van der Waals surface area contributed by atoms with Crippen molar-refractivity contribution in [3.8, 4) is 0 Å². The van der Waals surface area contributed by atoms with Crippen molar-refractivity contribution in [1.82, 2.24) is 10.2 Å². The van der Waals surface area contributed by atoms with E-state index in [1.807, 2.05) is 12.1 Å². The minimum atomic E-state index is -1.51. The third-order valence-electron chi connectivity index (χ3n) is 9.10. The lowest BCUT2D eigenvalue weighted by Gasteiger charge is -2.35. The number of carbonyl (C=O) groups excluding carboxylic acids is 4. The number of halogens is 2. The van der Waals surface area contributed by atoms with E-state index in [1.165, 1.54) is 16.9 Å². The summed E-state index contributed by atoms with van der Waals surface area (Å²) in [5.74, 6) is -4.18. The maximum Gasteiger partial charge on any atom is 0.313 e. The van der Waals surface area contributed by atoms with Crippen molar-refractivity contribution < 1.29 is 38.5 Å². The monoisotopic (exact) mass is 727 g/mol. The summed E-state index contributed by atoms with van der Waals surface area (Å²) in [5, 5.41) is 13.5. The van der Waals surface area contributed by atoms with Crippen LogP contribution in [0.2, 0.25) is 5.02 Å². The number of ether oxygens (including phenoxy) is 3. The highest BCUT2D eigenvalue weighted by Gasteiger charge is 2.75. The zero-order valence-electron chi connectivity index (χ0n) is 25.6. The van der Waals surface area contributed by atoms with Crippen LogP contribution in [-0.4, -0.2) is 90.9 Å². The zero-order valence-corrected chi connectivity index (χ0v) is 27.9. The summed E-state index contributed by atoms with van der Waals surface area (Å²) < 4.78 is 18.7. The molecule has 0 unspecified atom stereocenters. The summed E-state index contributed by atoms with van der Waals surface area (Å²) in [7, 11) is 1.49. The molecule has 13 heteroatoms. The Hall–Kier alpha value is -3.55. The van der Waals surface area contributed by atoms with Gasteiger partial charge in [-0.2, -0.15) is 0 Å². The summed E-state index contributed by atoms with van der Waals surface area (Å²) in [6, 6.07) is 13.8. The number of likely N-dealkylation sites (tertiary alicyclic amines) is 1. The molecule has 5 bridgehead atoms. The summed E-state index contributed by atoms with van der Waals surface area (Å²) >= 11 is 9.71. The molecular formula is C34H35BrClN3O8. The molecule has 47 heavy (non-hydrogen) atoms. The second-order valence-corrected chi connectivity index (χ2v) is 13.3. The largest absolute Gasteiger partial charge is 0.455 e. The third-order valence-corrected chi connectivity index (χ3v) is 10.0. The standard InChI is InChI=1S/C34H35BrClN3O8/c1-45-19-24-28(20-8-4-2-5-9-20)46-33(44)26-27-31(42)39(16-17-40)30(34(27)18-23(35)29(26)47-34)32(43)38(22-13-11-21(36)12-14-22)15-7-3-6-10-25(41)37-24/h2-5,7-9,11-14,18,24,26-30,40H,6,10,15-17,19H2,1H3,(H,37,41)/b7-3-/t24-,26+,27-,28-,29+,30+,34-/m0/s1. The van der Waals surface area contributed by atoms with E-state index < -0.39 is 66.1 Å². The number of β-amino-alcohol motifs (C(OH)–C–C–N with tert-alkyl or cyclic N) is 1. The van der Waals surface area contributed by atoms with Gasteiger partial charge in [0.15, 0.2) is 0 Å². The number of hydrogen-bond acceptors (Lipinski definition) is 8. The fourth-order valence-corrected chi connectivity index (χ4v) is 7.97. The molecule has 4 heterocycles. The number of carbonyl (C=O) groups is 4. The molecule has 6 rings (SSSR count). The highest BCUT2D eigenvalue weighted by molar-refractivity contribution is 9.11. The number of nitrogens with one attached hydrogen (secondary N) is 1. The SMILES string of the molecule is COC[C@@H]1NC(=O)CC/C=C\CN(c2ccc(Cl)cc2)C(=O)[C@H]2N(CCO)C(=O)[C@@H]3[C@@H](C(=O)O[C@H]1c1ccccc1)[C@@H]1O[C@@]32C=C1Br. The van der Waals surface area contributed by atoms with Gasteiger partial charge >= 0.3 is 5.97 Å². The number of nitrogens with zero attached hydrogens (tertiary/aromatic N) is 2. The van der Waals surface area contributed by atoms with Crippen LogP contribution in [0.25, 0.3) is 0 Å². The van der Waals surface area contributed by atoms with Gasteiger partial charge < -0.3 is 34.4 Å². The van der Waals surface area contributed by atoms with Gasteiger partial charge in [0.1, 0.15) is 29.8 Å². The van der Waals surface area contributed by atoms with Crippen LogP contribution in [0.15, 0.2) is 77.3 Å². The molecule has 0 saturated carbocycles. The minimum absolute atomic E-state index is 0.0474. The van der Waals surface area contributed by atoms with Crippen LogP contribution in [0.5, 0.6) is 0 Å². The van der Waals surface area contributed by atoms with E-state index >= 15 is 0 Å². The molecule has 4 aliphatic rings. The molecule has 2 aromatic carbocycles. The Balaban J connectivity index is 1.47. The molecule has 0 aliphatic carbocycles. The highest BCUT2D eigenvalue weighted by atomic mass is 79.9. The predicted molar refractivity (Wildman–Crippen MR) is 175 cm³/mol. The Labute approximate surface area is 285 Å². The van der Waals surface area contributed by atoms with E-state index in [1.54, 1.807) is 60.7 Å². The first kappa shape index (κ1) is 33.4. The van der Waals surface area contributed by atoms with Crippen molar-refractivity contribution in [1.29, 1.82) is 0 Å². The van der Waals surface area contributed by atoms with Crippen LogP contribution in [0, 0.1) is 11.8 Å². The van der Waals surface area contributed by atoms with Gasteiger partial charge in [0, 0.05) is 41.8 Å². The average Bonchev–Trinajstić information content (AvgIpc) is 3.65. The van der Waals surface area contributed by atoms with E-state index in [2.05, 4.69) is 21.2 Å². The summed E-state index contributed by atoms with van der Waals surface area (Å²) in [4.78, 5) is 59.2. The van der Waals surface area contributed by atoms with Crippen molar-refractivity contribution in [2.75, 3.05) is 38.3 Å². The first-order valence-electron chi connectivity index (χ1n) is 15.4. The molecule has 0 radical (unpaired) electrons. The van der Waals surface area contributed by atoms with Crippen LogP contribution in [-0.2, 0) is 33.4 Å².